The zero-order valence-corrected chi connectivity index (χ0v) is 20.5. The average Bonchev–Trinajstić information content (AvgIpc) is 2.85. The molecule has 1 N–H and O–H groups in total. The number of benzene rings is 2. The zero-order chi connectivity index (χ0) is 24.4. The van der Waals surface area contributed by atoms with Gasteiger partial charge in [0.1, 0.15) is 5.75 Å². The number of pyridine rings is 1. The fraction of sp³-hybridized carbons (Fsp3) is 0.400. The van der Waals surface area contributed by atoms with Crippen molar-refractivity contribution >= 4 is 26.7 Å². The van der Waals surface area contributed by atoms with Crippen molar-refractivity contribution in [2.45, 2.75) is 31.2 Å². The van der Waals surface area contributed by atoms with E-state index in [2.05, 4.69) is 9.88 Å². The second-order valence-electron chi connectivity index (χ2n) is 8.67. The van der Waals surface area contributed by atoms with E-state index < -0.39 is 10.1 Å². The molecule has 0 bridgehead atoms. The molecular weight excluding hydrogens is 470 g/mol. The number of ether oxygens (including phenoxy) is 2. The Kier molecular flexibility index (Phi) is 6.79. The first kappa shape index (κ1) is 23.8. The lowest BCUT2D eigenvalue weighted by Crippen LogP contribution is -2.36. The Balaban J connectivity index is 1.60. The molecule has 10 heteroatoms. The number of rotatable bonds is 7. The predicted molar refractivity (Wildman–Crippen MR) is 132 cm³/mol. The molecule has 5 rings (SSSR count). The highest BCUT2D eigenvalue weighted by Crippen LogP contribution is 2.39. The molecule has 2 aliphatic heterocycles. The fourth-order valence-electron chi connectivity index (χ4n) is 4.69. The summed E-state index contributed by atoms with van der Waals surface area (Å²) in [6.07, 6.45) is 1.11. The SMILES string of the molecule is CCOc1cc(CN2CCOCC2)cc2[nH]c(=O)c3c(c12)N(OS(=O)(=O)c1ccccc1)CCC3. The van der Waals surface area contributed by atoms with Crippen molar-refractivity contribution in [3.63, 3.8) is 0 Å². The van der Waals surface area contributed by atoms with E-state index >= 15 is 0 Å². The molecule has 0 unspecified atom stereocenters. The van der Waals surface area contributed by atoms with Gasteiger partial charge in [-0.1, -0.05) is 18.2 Å². The van der Waals surface area contributed by atoms with Crippen LogP contribution in [0.15, 0.2) is 52.2 Å². The summed E-state index contributed by atoms with van der Waals surface area (Å²) in [5, 5.41) is 1.98. The number of fused-ring (bicyclic) bond motifs is 3. The molecule has 0 spiro atoms. The van der Waals surface area contributed by atoms with Crippen LogP contribution in [0.3, 0.4) is 0 Å². The van der Waals surface area contributed by atoms with Gasteiger partial charge in [0.2, 0.25) is 0 Å². The maximum atomic E-state index is 13.1. The Hall–Kier alpha value is -2.92. The lowest BCUT2D eigenvalue weighted by Gasteiger charge is -2.31. The first-order chi connectivity index (χ1) is 17.0. The van der Waals surface area contributed by atoms with Gasteiger partial charge >= 0.3 is 10.1 Å². The van der Waals surface area contributed by atoms with Gasteiger partial charge in [0.15, 0.2) is 0 Å². The normalized spacial score (nSPS) is 16.9. The molecule has 0 amide bonds. The third-order valence-electron chi connectivity index (χ3n) is 6.27. The van der Waals surface area contributed by atoms with Gasteiger partial charge in [0.25, 0.3) is 5.56 Å². The van der Waals surface area contributed by atoms with E-state index in [0.717, 1.165) is 18.7 Å². The van der Waals surface area contributed by atoms with E-state index in [0.29, 0.717) is 73.7 Å². The third-order valence-corrected chi connectivity index (χ3v) is 7.50. The molecule has 3 heterocycles. The molecular formula is C25H29N3O6S. The highest BCUT2D eigenvalue weighted by molar-refractivity contribution is 7.86. The monoisotopic (exact) mass is 499 g/mol. The minimum Gasteiger partial charge on any atom is -0.493 e. The van der Waals surface area contributed by atoms with Crippen LogP contribution in [-0.4, -0.2) is 57.8 Å². The maximum Gasteiger partial charge on any atom is 0.317 e. The molecule has 0 saturated carbocycles. The quantitative estimate of drug-likeness (QED) is 0.530. The number of morpholine rings is 1. The van der Waals surface area contributed by atoms with Gasteiger partial charge in [-0.3, -0.25) is 9.69 Å². The summed E-state index contributed by atoms with van der Waals surface area (Å²) >= 11 is 0. The summed E-state index contributed by atoms with van der Waals surface area (Å²) in [5.74, 6) is 0.591. The van der Waals surface area contributed by atoms with Crippen LogP contribution in [0.2, 0.25) is 0 Å². The van der Waals surface area contributed by atoms with Gasteiger partial charge in [0, 0.05) is 31.7 Å². The Morgan fingerprint density at radius 3 is 2.60 bits per heavy atom. The van der Waals surface area contributed by atoms with Gasteiger partial charge in [-0.15, -0.1) is 4.28 Å². The number of hydrogen-bond donors (Lipinski definition) is 1. The lowest BCUT2D eigenvalue weighted by atomic mass is 9.99. The first-order valence-corrected chi connectivity index (χ1v) is 13.3. The Morgan fingerprint density at radius 1 is 1.09 bits per heavy atom. The molecule has 1 fully saturated rings. The minimum atomic E-state index is -4.08. The topological polar surface area (TPSA) is 101 Å². The number of hydrogen-bond acceptors (Lipinski definition) is 8. The molecule has 3 aromatic rings. The zero-order valence-electron chi connectivity index (χ0n) is 19.7. The summed E-state index contributed by atoms with van der Waals surface area (Å²) < 4.78 is 43.1. The second-order valence-corrected chi connectivity index (χ2v) is 10.2. The fourth-order valence-corrected chi connectivity index (χ4v) is 5.65. The number of nitrogens with zero attached hydrogens (tertiary/aromatic N) is 2. The van der Waals surface area contributed by atoms with Crippen LogP contribution in [0.25, 0.3) is 10.9 Å². The van der Waals surface area contributed by atoms with Crippen LogP contribution in [0.5, 0.6) is 5.75 Å². The van der Waals surface area contributed by atoms with Crippen molar-refractivity contribution in [1.82, 2.24) is 9.88 Å². The van der Waals surface area contributed by atoms with Crippen molar-refractivity contribution in [3.05, 3.63) is 63.9 Å². The van der Waals surface area contributed by atoms with E-state index in [4.69, 9.17) is 13.8 Å². The van der Waals surface area contributed by atoms with Crippen LogP contribution in [0, 0.1) is 0 Å². The molecule has 1 saturated heterocycles. The largest absolute Gasteiger partial charge is 0.493 e. The molecule has 186 valence electrons. The number of H-pyrrole nitrogens is 1. The van der Waals surface area contributed by atoms with Crippen LogP contribution in [0.4, 0.5) is 5.69 Å². The molecule has 0 radical (unpaired) electrons. The predicted octanol–water partition coefficient (Wildman–Crippen LogP) is 2.83. The van der Waals surface area contributed by atoms with Gasteiger partial charge < -0.3 is 14.5 Å². The van der Waals surface area contributed by atoms with E-state index in [1.165, 1.54) is 17.2 Å². The lowest BCUT2D eigenvalue weighted by molar-refractivity contribution is 0.0342. The Morgan fingerprint density at radius 2 is 1.86 bits per heavy atom. The van der Waals surface area contributed by atoms with Crippen molar-refractivity contribution in [2.24, 2.45) is 0 Å². The Bertz CT molecular complexity index is 1370. The standard InChI is InChI=1S/C25H29N3O6S/c1-2-33-22-16-18(17-27-11-13-32-14-12-27)15-21-23(22)24-20(25(29)26-21)9-6-10-28(24)34-35(30,31)19-7-4-3-5-8-19/h3-5,7-8,15-16H,2,6,9-14,17H2,1H3,(H,26,29). The molecule has 2 aliphatic rings. The van der Waals surface area contributed by atoms with Gasteiger partial charge in [-0.25, -0.2) is 5.06 Å². The summed E-state index contributed by atoms with van der Waals surface area (Å²) in [7, 11) is -4.08. The van der Waals surface area contributed by atoms with Gasteiger partial charge in [-0.2, -0.15) is 8.42 Å². The van der Waals surface area contributed by atoms with Crippen LogP contribution in [-0.2, 0) is 32.1 Å². The molecule has 1 aromatic heterocycles. The van der Waals surface area contributed by atoms with E-state index in [1.54, 1.807) is 18.2 Å². The van der Waals surface area contributed by atoms with E-state index in [1.807, 2.05) is 19.1 Å². The minimum absolute atomic E-state index is 0.0547. The van der Waals surface area contributed by atoms with E-state index in [9.17, 15) is 13.2 Å². The first-order valence-electron chi connectivity index (χ1n) is 11.9. The summed E-state index contributed by atoms with van der Waals surface area (Å²) in [6, 6.07) is 11.9. The molecule has 2 aromatic carbocycles. The summed E-state index contributed by atoms with van der Waals surface area (Å²) in [5.41, 5.74) is 2.29. The molecule has 35 heavy (non-hydrogen) atoms. The third kappa shape index (κ3) is 4.92. The smallest absolute Gasteiger partial charge is 0.317 e. The molecule has 0 atom stereocenters. The van der Waals surface area contributed by atoms with Crippen LogP contribution < -0.4 is 15.4 Å². The van der Waals surface area contributed by atoms with Crippen LogP contribution in [0.1, 0.15) is 24.5 Å². The molecule has 9 nitrogen and oxygen atoms in total. The van der Waals surface area contributed by atoms with Crippen molar-refractivity contribution in [1.29, 1.82) is 0 Å². The van der Waals surface area contributed by atoms with Gasteiger partial charge in [-0.05, 0) is 49.6 Å². The highest BCUT2D eigenvalue weighted by Gasteiger charge is 2.30. The number of anilines is 1. The maximum absolute atomic E-state index is 13.1. The molecule has 0 aliphatic carbocycles. The van der Waals surface area contributed by atoms with E-state index in [-0.39, 0.29) is 10.5 Å². The summed E-state index contributed by atoms with van der Waals surface area (Å²) in [6.45, 7) is 6.40. The Labute approximate surface area is 204 Å². The van der Waals surface area contributed by atoms with Crippen LogP contribution >= 0.6 is 0 Å². The van der Waals surface area contributed by atoms with Crippen molar-refractivity contribution in [3.8, 4) is 5.75 Å². The van der Waals surface area contributed by atoms with Crippen molar-refractivity contribution in [2.75, 3.05) is 44.5 Å². The highest BCUT2D eigenvalue weighted by atomic mass is 32.2. The number of nitrogens with one attached hydrogen (secondary N) is 1. The number of hydroxylamine groups is 1. The number of aromatic amines is 1. The van der Waals surface area contributed by atoms with Crippen molar-refractivity contribution < 1.29 is 22.2 Å². The average molecular weight is 500 g/mol. The summed E-state index contributed by atoms with van der Waals surface area (Å²) in [4.78, 5) is 18.4. The number of aromatic nitrogens is 1. The van der Waals surface area contributed by atoms with Gasteiger partial charge in [0.05, 0.1) is 41.3 Å². The second kappa shape index (κ2) is 9.98.